The van der Waals surface area contributed by atoms with Gasteiger partial charge in [0.1, 0.15) is 0 Å². The van der Waals surface area contributed by atoms with Crippen LogP contribution in [0.1, 0.15) is 44.6 Å². The van der Waals surface area contributed by atoms with Crippen LogP contribution in [0.4, 0.5) is 5.69 Å². The van der Waals surface area contributed by atoms with E-state index >= 15 is 0 Å². The lowest BCUT2D eigenvalue weighted by Crippen LogP contribution is -2.35. The molecule has 2 unspecified atom stereocenters. The molecule has 2 rings (SSSR count). The zero-order valence-corrected chi connectivity index (χ0v) is 12.8. The zero-order chi connectivity index (χ0) is 14.6. The maximum Gasteiger partial charge on any atom is 0.216 e. The highest BCUT2D eigenvalue weighted by molar-refractivity contribution is 7.88. The molecule has 0 saturated heterocycles. The Bertz CT molecular complexity index is 525. The molecule has 0 aliphatic heterocycles. The van der Waals surface area contributed by atoms with E-state index in [1.807, 2.05) is 0 Å². The van der Waals surface area contributed by atoms with E-state index in [0.29, 0.717) is 11.6 Å². The van der Waals surface area contributed by atoms with Gasteiger partial charge < -0.3 is 5.73 Å². The Labute approximate surface area is 121 Å². The molecule has 20 heavy (non-hydrogen) atoms. The summed E-state index contributed by atoms with van der Waals surface area (Å²) in [5.74, 6) is 0.737. The molecule has 0 aromatic heterocycles. The van der Waals surface area contributed by atoms with Crippen molar-refractivity contribution in [3.63, 3.8) is 0 Å². The van der Waals surface area contributed by atoms with E-state index in [9.17, 15) is 8.42 Å². The van der Waals surface area contributed by atoms with Crippen molar-refractivity contribution in [2.75, 3.05) is 5.73 Å². The minimum absolute atomic E-state index is 0.0271. The average molecular weight is 296 g/mol. The first-order valence-electron chi connectivity index (χ1n) is 7.29. The van der Waals surface area contributed by atoms with E-state index in [1.54, 1.807) is 24.3 Å². The molecule has 0 heterocycles. The Morgan fingerprint density at radius 1 is 1.15 bits per heavy atom. The highest BCUT2D eigenvalue weighted by atomic mass is 32.2. The predicted octanol–water partition coefficient (Wildman–Crippen LogP) is 2.66. The smallest absolute Gasteiger partial charge is 0.216 e. The molecular weight excluding hydrogens is 272 g/mol. The first kappa shape index (κ1) is 15.3. The van der Waals surface area contributed by atoms with Crippen LogP contribution in [0.5, 0.6) is 0 Å². The van der Waals surface area contributed by atoms with Crippen LogP contribution in [0.15, 0.2) is 24.3 Å². The molecule has 1 aromatic carbocycles. The molecule has 5 heteroatoms. The van der Waals surface area contributed by atoms with Gasteiger partial charge in [-0.3, -0.25) is 0 Å². The highest BCUT2D eigenvalue weighted by Gasteiger charge is 2.21. The Kier molecular flexibility index (Phi) is 5.05. The second-order valence-corrected chi connectivity index (χ2v) is 7.68. The number of rotatable bonds is 4. The number of nitrogens with one attached hydrogen (secondary N) is 1. The van der Waals surface area contributed by atoms with Crippen molar-refractivity contribution in [3.05, 3.63) is 29.8 Å². The average Bonchev–Trinajstić information content (AvgIpc) is 2.57. The van der Waals surface area contributed by atoms with Gasteiger partial charge in [0, 0.05) is 11.7 Å². The lowest BCUT2D eigenvalue weighted by molar-refractivity contribution is 0.484. The van der Waals surface area contributed by atoms with Gasteiger partial charge >= 0.3 is 0 Å². The van der Waals surface area contributed by atoms with E-state index < -0.39 is 10.0 Å². The minimum atomic E-state index is -3.27. The molecule has 3 N–H and O–H groups in total. The quantitative estimate of drug-likeness (QED) is 0.663. The molecule has 2 atom stereocenters. The molecule has 4 nitrogen and oxygen atoms in total. The van der Waals surface area contributed by atoms with Gasteiger partial charge in [-0.2, -0.15) is 0 Å². The normalized spacial score (nSPS) is 24.2. The Morgan fingerprint density at radius 2 is 1.85 bits per heavy atom. The molecule has 0 bridgehead atoms. The number of hydrogen-bond acceptors (Lipinski definition) is 3. The monoisotopic (exact) mass is 296 g/mol. The Hall–Kier alpha value is -1.07. The first-order chi connectivity index (χ1) is 9.44. The molecule has 1 aliphatic rings. The van der Waals surface area contributed by atoms with Crippen LogP contribution in [0.25, 0.3) is 0 Å². The van der Waals surface area contributed by atoms with Crippen LogP contribution in [0, 0.1) is 5.92 Å². The summed E-state index contributed by atoms with van der Waals surface area (Å²) in [4.78, 5) is 0. The SMILES string of the molecule is CC1CCCC(NS(=O)(=O)Cc2ccc(N)cc2)CC1. The van der Waals surface area contributed by atoms with Gasteiger partial charge in [-0.25, -0.2) is 13.1 Å². The fourth-order valence-electron chi connectivity index (χ4n) is 2.73. The predicted molar refractivity (Wildman–Crippen MR) is 82.7 cm³/mol. The molecular formula is C15H24N2O2S. The van der Waals surface area contributed by atoms with Crippen molar-refractivity contribution in [1.29, 1.82) is 0 Å². The summed E-state index contributed by atoms with van der Waals surface area (Å²) in [6, 6.07) is 7.10. The van der Waals surface area contributed by atoms with E-state index in [0.717, 1.165) is 31.2 Å². The number of benzene rings is 1. The van der Waals surface area contributed by atoms with E-state index in [-0.39, 0.29) is 11.8 Å². The van der Waals surface area contributed by atoms with Gasteiger partial charge in [0.25, 0.3) is 0 Å². The molecule has 1 saturated carbocycles. The topological polar surface area (TPSA) is 72.2 Å². The van der Waals surface area contributed by atoms with Crippen molar-refractivity contribution in [2.24, 2.45) is 5.92 Å². The summed E-state index contributed by atoms with van der Waals surface area (Å²) in [6.45, 7) is 2.24. The van der Waals surface area contributed by atoms with Crippen LogP contribution < -0.4 is 10.5 Å². The third-order valence-electron chi connectivity index (χ3n) is 3.94. The molecule has 0 radical (unpaired) electrons. The standard InChI is InChI=1S/C15H24N2O2S/c1-12-3-2-4-15(10-5-12)17-20(18,19)11-13-6-8-14(16)9-7-13/h6-9,12,15,17H,2-5,10-11,16H2,1H3. The minimum Gasteiger partial charge on any atom is -0.399 e. The van der Waals surface area contributed by atoms with E-state index in [2.05, 4.69) is 11.6 Å². The maximum atomic E-state index is 12.2. The molecule has 112 valence electrons. The first-order valence-corrected chi connectivity index (χ1v) is 8.94. The zero-order valence-electron chi connectivity index (χ0n) is 12.0. The Morgan fingerprint density at radius 3 is 2.55 bits per heavy atom. The molecule has 1 aliphatic carbocycles. The van der Waals surface area contributed by atoms with Gasteiger partial charge in [-0.1, -0.05) is 31.9 Å². The van der Waals surface area contributed by atoms with E-state index in [1.165, 1.54) is 6.42 Å². The largest absolute Gasteiger partial charge is 0.399 e. The van der Waals surface area contributed by atoms with Crippen molar-refractivity contribution in [3.8, 4) is 0 Å². The Balaban J connectivity index is 1.94. The molecule has 1 aromatic rings. The van der Waals surface area contributed by atoms with Gasteiger partial charge in [0.05, 0.1) is 5.75 Å². The molecule has 1 fully saturated rings. The third-order valence-corrected chi connectivity index (χ3v) is 5.35. The second-order valence-electron chi connectivity index (χ2n) is 5.93. The summed E-state index contributed by atoms with van der Waals surface area (Å²) in [6.07, 6.45) is 5.31. The van der Waals surface area contributed by atoms with Crippen molar-refractivity contribution in [2.45, 2.75) is 50.8 Å². The second kappa shape index (κ2) is 6.59. The van der Waals surface area contributed by atoms with Crippen LogP contribution in [0.3, 0.4) is 0 Å². The van der Waals surface area contributed by atoms with Crippen LogP contribution in [0.2, 0.25) is 0 Å². The lowest BCUT2D eigenvalue weighted by Gasteiger charge is -2.16. The van der Waals surface area contributed by atoms with Crippen LogP contribution in [-0.4, -0.2) is 14.5 Å². The van der Waals surface area contributed by atoms with Crippen LogP contribution >= 0.6 is 0 Å². The third kappa shape index (κ3) is 4.80. The fraction of sp³-hybridized carbons (Fsp3) is 0.600. The number of nitrogens with two attached hydrogens (primary N) is 1. The summed E-state index contributed by atoms with van der Waals surface area (Å²) in [5, 5.41) is 0. The van der Waals surface area contributed by atoms with Crippen molar-refractivity contribution >= 4 is 15.7 Å². The van der Waals surface area contributed by atoms with Crippen LogP contribution in [-0.2, 0) is 15.8 Å². The lowest BCUT2D eigenvalue weighted by atomic mass is 10.0. The summed E-state index contributed by atoms with van der Waals surface area (Å²) in [7, 11) is -3.27. The number of sulfonamides is 1. The van der Waals surface area contributed by atoms with Gasteiger partial charge in [-0.15, -0.1) is 0 Å². The summed E-state index contributed by atoms with van der Waals surface area (Å²) < 4.78 is 27.3. The fourth-order valence-corrected chi connectivity index (χ4v) is 4.19. The highest BCUT2D eigenvalue weighted by Crippen LogP contribution is 2.23. The number of hydrogen-bond donors (Lipinski definition) is 2. The number of nitrogen functional groups attached to an aromatic ring is 1. The summed E-state index contributed by atoms with van der Waals surface area (Å²) in [5.41, 5.74) is 7.03. The molecule has 0 spiro atoms. The van der Waals surface area contributed by atoms with Crippen molar-refractivity contribution < 1.29 is 8.42 Å². The maximum absolute atomic E-state index is 12.2. The number of anilines is 1. The molecule has 0 amide bonds. The summed E-state index contributed by atoms with van der Waals surface area (Å²) >= 11 is 0. The van der Waals surface area contributed by atoms with Crippen molar-refractivity contribution in [1.82, 2.24) is 4.72 Å². The van der Waals surface area contributed by atoms with Gasteiger partial charge in [0.2, 0.25) is 10.0 Å². The van der Waals surface area contributed by atoms with Gasteiger partial charge in [0.15, 0.2) is 0 Å². The van der Waals surface area contributed by atoms with Gasteiger partial charge in [-0.05, 0) is 42.9 Å². The van der Waals surface area contributed by atoms with E-state index in [4.69, 9.17) is 5.73 Å².